The van der Waals surface area contributed by atoms with Crippen LogP contribution in [-0.2, 0) is 12.8 Å². The highest BCUT2D eigenvalue weighted by atomic mass is 14.9. The zero-order chi connectivity index (χ0) is 13.7. The molecule has 1 heteroatoms. The summed E-state index contributed by atoms with van der Waals surface area (Å²) < 4.78 is 0. The van der Waals surface area contributed by atoms with Gasteiger partial charge in [0.05, 0.1) is 0 Å². The van der Waals surface area contributed by atoms with E-state index in [4.69, 9.17) is 0 Å². The average Bonchev–Trinajstić information content (AvgIpc) is 2.44. The van der Waals surface area contributed by atoms with Crippen molar-refractivity contribution in [2.75, 3.05) is 6.54 Å². The average molecular weight is 259 g/mol. The van der Waals surface area contributed by atoms with Crippen molar-refractivity contribution in [1.82, 2.24) is 5.32 Å². The van der Waals surface area contributed by atoms with Crippen molar-refractivity contribution in [2.45, 2.75) is 65.3 Å². The second-order valence-corrected chi connectivity index (χ2v) is 6.04. The van der Waals surface area contributed by atoms with E-state index in [1.165, 1.54) is 44.1 Å². The second kappa shape index (κ2) is 7.09. The van der Waals surface area contributed by atoms with Gasteiger partial charge < -0.3 is 5.32 Å². The van der Waals surface area contributed by atoms with Gasteiger partial charge in [-0.25, -0.2) is 0 Å². The number of fused-ring (bicyclic) bond motifs is 1. The normalized spacial score (nSPS) is 17.8. The highest BCUT2D eigenvalue weighted by Crippen LogP contribution is 2.29. The minimum Gasteiger partial charge on any atom is -0.310 e. The number of nitrogens with one attached hydrogen (secondary N) is 1. The highest BCUT2D eigenvalue weighted by Gasteiger charge is 2.19. The van der Waals surface area contributed by atoms with E-state index in [9.17, 15) is 0 Å². The van der Waals surface area contributed by atoms with Crippen LogP contribution in [0.2, 0.25) is 0 Å². The summed E-state index contributed by atoms with van der Waals surface area (Å²) in [5.74, 6) is 0.714. The van der Waals surface area contributed by atoms with Gasteiger partial charge in [-0.1, -0.05) is 45.4 Å². The third-order valence-corrected chi connectivity index (χ3v) is 4.47. The van der Waals surface area contributed by atoms with E-state index in [0.717, 1.165) is 6.54 Å². The molecule has 106 valence electrons. The maximum absolute atomic E-state index is 3.69. The van der Waals surface area contributed by atoms with Gasteiger partial charge in [0, 0.05) is 6.04 Å². The van der Waals surface area contributed by atoms with E-state index in [1.54, 1.807) is 11.1 Å². The molecular weight excluding hydrogens is 230 g/mol. The smallest absolute Gasteiger partial charge is 0.0346 e. The molecule has 0 saturated carbocycles. The van der Waals surface area contributed by atoms with Crippen LogP contribution in [0.3, 0.4) is 0 Å². The molecule has 0 bridgehead atoms. The standard InChI is InChI=1S/C18H29N/c1-4-8-14(3)18(19-5-2)17-12-11-15-9-6-7-10-16(15)13-17/h11-14,18-19H,4-10H2,1-3H3. The van der Waals surface area contributed by atoms with Gasteiger partial charge in [0.15, 0.2) is 0 Å². The van der Waals surface area contributed by atoms with Gasteiger partial charge in [-0.15, -0.1) is 0 Å². The Hall–Kier alpha value is -0.820. The largest absolute Gasteiger partial charge is 0.310 e. The van der Waals surface area contributed by atoms with Gasteiger partial charge >= 0.3 is 0 Å². The molecule has 0 aromatic heterocycles. The predicted molar refractivity (Wildman–Crippen MR) is 83.6 cm³/mol. The SMILES string of the molecule is CCCC(C)C(NCC)c1ccc2c(c1)CCCC2. The van der Waals surface area contributed by atoms with Gasteiger partial charge in [0.2, 0.25) is 0 Å². The molecule has 1 aliphatic rings. The van der Waals surface area contributed by atoms with E-state index in [0.29, 0.717) is 12.0 Å². The first-order valence-electron chi connectivity index (χ1n) is 8.11. The molecule has 0 aliphatic heterocycles. The predicted octanol–water partition coefficient (Wildman–Crippen LogP) is 4.65. The zero-order valence-electron chi connectivity index (χ0n) is 12.8. The van der Waals surface area contributed by atoms with Crippen LogP contribution in [-0.4, -0.2) is 6.54 Å². The second-order valence-electron chi connectivity index (χ2n) is 6.04. The zero-order valence-corrected chi connectivity index (χ0v) is 12.8. The van der Waals surface area contributed by atoms with Gasteiger partial charge in [-0.05, 0) is 61.3 Å². The third-order valence-electron chi connectivity index (χ3n) is 4.47. The first-order valence-corrected chi connectivity index (χ1v) is 8.11. The molecule has 1 aliphatic carbocycles. The first kappa shape index (κ1) is 14.6. The number of hydrogen-bond acceptors (Lipinski definition) is 1. The maximum atomic E-state index is 3.69. The van der Waals surface area contributed by atoms with Crippen molar-refractivity contribution in [3.63, 3.8) is 0 Å². The van der Waals surface area contributed by atoms with Crippen LogP contribution in [0.4, 0.5) is 0 Å². The minimum absolute atomic E-state index is 0.525. The Morgan fingerprint density at radius 2 is 1.84 bits per heavy atom. The van der Waals surface area contributed by atoms with E-state index in [-0.39, 0.29) is 0 Å². The van der Waals surface area contributed by atoms with Crippen molar-refractivity contribution in [3.05, 3.63) is 34.9 Å². The Bertz CT molecular complexity index is 397. The molecule has 1 N–H and O–H groups in total. The first-order chi connectivity index (χ1) is 9.26. The molecule has 0 radical (unpaired) electrons. The lowest BCUT2D eigenvalue weighted by atomic mass is 9.85. The van der Waals surface area contributed by atoms with Crippen molar-refractivity contribution in [2.24, 2.45) is 5.92 Å². The van der Waals surface area contributed by atoms with Crippen LogP contribution in [0, 0.1) is 5.92 Å². The molecule has 2 rings (SSSR count). The lowest BCUT2D eigenvalue weighted by Gasteiger charge is -2.27. The summed E-state index contributed by atoms with van der Waals surface area (Å²) in [6, 6.07) is 7.75. The van der Waals surface area contributed by atoms with Crippen molar-refractivity contribution >= 4 is 0 Å². The summed E-state index contributed by atoms with van der Waals surface area (Å²) >= 11 is 0. The summed E-state index contributed by atoms with van der Waals surface area (Å²) in [4.78, 5) is 0. The minimum atomic E-state index is 0.525. The summed E-state index contributed by atoms with van der Waals surface area (Å²) in [7, 11) is 0. The van der Waals surface area contributed by atoms with Crippen LogP contribution in [0.5, 0.6) is 0 Å². The fraction of sp³-hybridized carbons (Fsp3) is 0.667. The summed E-state index contributed by atoms with van der Waals surface area (Å²) in [6.07, 6.45) is 7.88. The van der Waals surface area contributed by atoms with E-state index >= 15 is 0 Å². The lowest BCUT2D eigenvalue weighted by Crippen LogP contribution is -2.27. The Balaban J connectivity index is 2.20. The van der Waals surface area contributed by atoms with Crippen LogP contribution in [0.15, 0.2) is 18.2 Å². The maximum Gasteiger partial charge on any atom is 0.0346 e. The van der Waals surface area contributed by atoms with E-state index in [1.807, 2.05) is 0 Å². The molecule has 0 heterocycles. The van der Waals surface area contributed by atoms with E-state index in [2.05, 4.69) is 44.3 Å². The van der Waals surface area contributed by atoms with Crippen LogP contribution < -0.4 is 5.32 Å². The van der Waals surface area contributed by atoms with Gasteiger partial charge in [0.25, 0.3) is 0 Å². The lowest BCUT2D eigenvalue weighted by molar-refractivity contribution is 0.369. The number of rotatable bonds is 6. The molecular formula is C18H29N. The summed E-state index contributed by atoms with van der Waals surface area (Å²) in [5.41, 5.74) is 4.70. The molecule has 1 aromatic rings. The quantitative estimate of drug-likeness (QED) is 0.784. The summed E-state index contributed by atoms with van der Waals surface area (Å²) in [5, 5.41) is 3.69. The topological polar surface area (TPSA) is 12.0 Å². The number of benzene rings is 1. The van der Waals surface area contributed by atoms with Gasteiger partial charge in [0.1, 0.15) is 0 Å². The Morgan fingerprint density at radius 1 is 1.11 bits per heavy atom. The number of aryl methyl sites for hydroxylation is 2. The van der Waals surface area contributed by atoms with Gasteiger partial charge in [-0.2, -0.15) is 0 Å². The summed E-state index contributed by atoms with van der Waals surface area (Å²) in [6.45, 7) is 7.93. The monoisotopic (exact) mass is 259 g/mol. The highest BCUT2D eigenvalue weighted by molar-refractivity contribution is 5.35. The number of hydrogen-bond donors (Lipinski definition) is 1. The third kappa shape index (κ3) is 3.60. The molecule has 0 saturated heterocycles. The molecule has 1 nitrogen and oxygen atoms in total. The fourth-order valence-corrected chi connectivity index (χ4v) is 3.44. The van der Waals surface area contributed by atoms with Crippen molar-refractivity contribution < 1.29 is 0 Å². The molecule has 0 fully saturated rings. The Labute approximate surface area is 118 Å². The molecule has 2 unspecified atom stereocenters. The molecule has 0 amide bonds. The van der Waals surface area contributed by atoms with Gasteiger partial charge in [-0.3, -0.25) is 0 Å². The Morgan fingerprint density at radius 3 is 2.53 bits per heavy atom. The molecule has 2 atom stereocenters. The molecule has 0 spiro atoms. The Kier molecular flexibility index (Phi) is 5.45. The van der Waals surface area contributed by atoms with Crippen LogP contribution in [0.25, 0.3) is 0 Å². The molecule has 19 heavy (non-hydrogen) atoms. The fourth-order valence-electron chi connectivity index (χ4n) is 3.44. The van der Waals surface area contributed by atoms with E-state index < -0.39 is 0 Å². The van der Waals surface area contributed by atoms with Crippen molar-refractivity contribution in [3.8, 4) is 0 Å². The van der Waals surface area contributed by atoms with Crippen LogP contribution in [0.1, 0.15) is 69.2 Å². The van der Waals surface area contributed by atoms with Crippen molar-refractivity contribution in [1.29, 1.82) is 0 Å². The van der Waals surface area contributed by atoms with Crippen LogP contribution >= 0.6 is 0 Å². The molecule has 1 aromatic carbocycles.